The van der Waals surface area contributed by atoms with Crippen LogP contribution in [0.2, 0.25) is 0 Å². The lowest BCUT2D eigenvalue weighted by Crippen LogP contribution is -2.13. The molecule has 1 aromatic carbocycles. The van der Waals surface area contributed by atoms with Crippen LogP contribution >= 0.6 is 0 Å². The zero-order chi connectivity index (χ0) is 27.6. The molecule has 2 N–H and O–H groups in total. The molecule has 0 saturated carbocycles. The summed E-state index contributed by atoms with van der Waals surface area (Å²) >= 11 is 0. The number of anilines is 2. The second kappa shape index (κ2) is 16.5. The van der Waals surface area contributed by atoms with E-state index in [1.54, 1.807) is 49.2 Å². The van der Waals surface area contributed by atoms with Gasteiger partial charge in [-0.3, -0.25) is 29.5 Å². The quantitative estimate of drug-likeness (QED) is 0.345. The Hall–Kier alpha value is -5.18. The molecule has 0 radical (unpaired) electrons. The number of hydrogen-bond acceptors (Lipinski definition) is 8. The van der Waals surface area contributed by atoms with E-state index in [1.165, 1.54) is 6.20 Å². The summed E-state index contributed by atoms with van der Waals surface area (Å²) in [6, 6.07) is 12.6. The third-order valence-corrected chi connectivity index (χ3v) is 4.88. The lowest BCUT2D eigenvalue weighted by atomic mass is 10.2. The van der Waals surface area contributed by atoms with Gasteiger partial charge in [-0.25, -0.2) is 0 Å². The topological polar surface area (TPSA) is 112 Å². The smallest absolute Gasteiger partial charge is 0.255 e. The number of rotatable bonds is 7. The van der Waals surface area contributed by atoms with Crippen LogP contribution in [-0.2, 0) is 4.79 Å². The fourth-order valence-corrected chi connectivity index (χ4v) is 2.89. The van der Waals surface area contributed by atoms with E-state index in [0.717, 1.165) is 35.3 Å². The van der Waals surface area contributed by atoms with Gasteiger partial charge < -0.3 is 15.5 Å². The molecule has 0 saturated heterocycles. The molecule has 194 valence electrons. The number of likely N-dealkylation sites (N-methyl/N-ethyl adjacent to an activating group) is 1. The molecule has 0 unspecified atom stereocenters. The van der Waals surface area contributed by atoms with Crippen molar-refractivity contribution in [3.8, 4) is 0 Å². The number of aldehydes is 1. The van der Waals surface area contributed by atoms with E-state index in [9.17, 15) is 9.59 Å². The number of pyridine rings is 2. The number of aliphatic imine (C=N–C) groups is 2. The van der Waals surface area contributed by atoms with Gasteiger partial charge in [0.15, 0.2) is 0 Å². The summed E-state index contributed by atoms with van der Waals surface area (Å²) in [5.41, 5.74) is 4.52. The maximum Gasteiger partial charge on any atom is 0.255 e. The van der Waals surface area contributed by atoms with Crippen molar-refractivity contribution >= 4 is 42.2 Å². The zero-order valence-corrected chi connectivity index (χ0v) is 21.5. The van der Waals surface area contributed by atoms with Gasteiger partial charge in [0, 0.05) is 80.4 Å². The van der Waals surface area contributed by atoms with Crippen LogP contribution in [0.5, 0.6) is 0 Å². The van der Waals surface area contributed by atoms with Crippen molar-refractivity contribution in [1.29, 1.82) is 0 Å². The van der Waals surface area contributed by atoms with Gasteiger partial charge in [-0.15, -0.1) is 0 Å². The predicted octanol–water partition coefficient (Wildman–Crippen LogP) is 4.92. The molecular formula is C29H31N7O2. The SMILES string of the molecule is C=CN=C.CN1C=CC(C=O)=CC1.CNc1cc(N=Cc2ccncc2)cc(NC(=O)c2ccncc2)c1. The highest BCUT2D eigenvalue weighted by atomic mass is 16.1. The van der Waals surface area contributed by atoms with E-state index < -0.39 is 0 Å². The van der Waals surface area contributed by atoms with Crippen LogP contribution in [0.3, 0.4) is 0 Å². The normalized spacial score (nSPS) is 11.6. The number of carbonyl (C=O) groups is 2. The maximum atomic E-state index is 12.3. The summed E-state index contributed by atoms with van der Waals surface area (Å²) in [7, 11) is 3.79. The molecule has 9 heteroatoms. The Balaban J connectivity index is 0.000000322. The molecule has 1 amide bonds. The first-order valence-corrected chi connectivity index (χ1v) is 11.6. The third-order valence-electron chi connectivity index (χ3n) is 4.88. The number of nitrogens with zero attached hydrogens (tertiary/aromatic N) is 5. The lowest BCUT2D eigenvalue weighted by molar-refractivity contribution is -0.104. The van der Waals surface area contributed by atoms with Gasteiger partial charge in [0.05, 0.1) is 5.69 Å². The molecule has 1 aliphatic rings. The Morgan fingerprint density at radius 3 is 2.24 bits per heavy atom. The van der Waals surface area contributed by atoms with Crippen molar-refractivity contribution < 1.29 is 9.59 Å². The number of aromatic nitrogens is 2. The van der Waals surface area contributed by atoms with Crippen molar-refractivity contribution in [2.45, 2.75) is 0 Å². The number of hydrogen-bond donors (Lipinski definition) is 2. The van der Waals surface area contributed by atoms with Gasteiger partial charge in [-0.2, -0.15) is 0 Å². The Morgan fingerprint density at radius 1 is 1.05 bits per heavy atom. The molecule has 38 heavy (non-hydrogen) atoms. The largest absolute Gasteiger partial charge is 0.388 e. The highest BCUT2D eigenvalue weighted by Gasteiger charge is 2.07. The van der Waals surface area contributed by atoms with Crippen LogP contribution in [0, 0.1) is 0 Å². The Labute approximate surface area is 223 Å². The molecule has 3 aromatic rings. The Kier molecular flexibility index (Phi) is 12.6. The third kappa shape index (κ3) is 10.6. The van der Waals surface area contributed by atoms with Gasteiger partial charge >= 0.3 is 0 Å². The molecule has 3 heterocycles. The molecule has 0 fully saturated rings. The van der Waals surface area contributed by atoms with Crippen molar-refractivity contribution in [2.75, 3.05) is 31.3 Å². The van der Waals surface area contributed by atoms with Crippen LogP contribution in [-0.4, -0.2) is 60.6 Å². The molecular weight excluding hydrogens is 478 g/mol. The second-order valence-electron chi connectivity index (χ2n) is 7.69. The average Bonchev–Trinajstić information content (AvgIpc) is 2.98. The molecule has 1 aliphatic heterocycles. The fraction of sp³-hybridized carbons (Fsp3) is 0.103. The summed E-state index contributed by atoms with van der Waals surface area (Å²) in [5.74, 6) is -0.195. The summed E-state index contributed by atoms with van der Waals surface area (Å²) in [6.07, 6.45) is 16.2. The first-order chi connectivity index (χ1) is 18.5. The van der Waals surface area contributed by atoms with Crippen molar-refractivity contribution in [3.05, 3.63) is 115 Å². The summed E-state index contributed by atoms with van der Waals surface area (Å²) in [5, 5.41) is 5.95. The first-order valence-electron chi connectivity index (χ1n) is 11.6. The van der Waals surface area contributed by atoms with Crippen LogP contribution in [0.25, 0.3) is 0 Å². The fourth-order valence-electron chi connectivity index (χ4n) is 2.89. The second-order valence-corrected chi connectivity index (χ2v) is 7.69. The number of allylic oxidation sites excluding steroid dienone is 2. The summed E-state index contributed by atoms with van der Waals surface area (Å²) in [4.78, 5) is 40.1. The zero-order valence-electron chi connectivity index (χ0n) is 21.5. The minimum absolute atomic E-state index is 0.195. The lowest BCUT2D eigenvalue weighted by Gasteiger charge is -2.14. The monoisotopic (exact) mass is 509 g/mol. The predicted molar refractivity (Wildman–Crippen MR) is 155 cm³/mol. The molecule has 0 aliphatic carbocycles. The van der Waals surface area contributed by atoms with E-state index in [1.807, 2.05) is 61.6 Å². The molecule has 4 rings (SSSR count). The Morgan fingerprint density at radius 2 is 1.68 bits per heavy atom. The van der Waals surface area contributed by atoms with Crippen LogP contribution < -0.4 is 10.6 Å². The van der Waals surface area contributed by atoms with Gasteiger partial charge in [0.25, 0.3) is 5.91 Å². The Bertz CT molecular complexity index is 1280. The van der Waals surface area contributed by atoms with Crippen LogP contribution in [0.1, 0.15) is 15.9 Å². The highest BCUT2D eigenvalue weighted by Crippen LogP contribution is 2.25. The van der Waals surface area contributed by atoms with Gasteiger partial charge in [-0.05, 0) is 67.0 Å². The maximum absolute atomic E-state index is 12.3. The minimum Gasteiger partial charge on any atom is -0.388 e. The number of amides is 1. The molecule has 9 nitrogen and oxygen atoms in total. The summed E-state index contributed by atoms with van der Waals surface area (Å²) in [6.45, 7) is 7.20. The first kappa shape index (κ1) is 29.1. The van der Waals surface area contributed by atoms with Crippen molar-refractivity contribution in [2.24, 2.45) is 9.98 Å². The van der Waals surface area contributed by atoms with E-state index in [2.05, 4.69) is 43.9 Å². The molecule has 0 atom stereocenters. The average molecular weight is 510 g/mol. The summed E-state index contributed by atoms with van der Waals surface area (Å²) < 4.78 is 0. The van der Waals surface area contributed by atoms with E-state index in [-0.39, 0.29) is 5.91 Å². The highest BCUT2D eigenvalue weighted by molar-refractivity contribution is 6.04. The minimum atomic E-state index is -0.195. The number of nitrogens with one attached hydrogen (secondary N) is 2. The molecule has 0 bridgehead atoms. The molecule has 0 spiro atoms. The van der Waals surface area contributed by atoms with E-state index in [4.69, 9.17) is 0 Å². The molecule has 2 aromatic heterocycles. The van der Waals surface area contributed by atoms with E-state index in [0.29, 0.717) is 11.3 Å². The van der Waals surface area contributed by atoms with Crippen molar-refractivity contribution in [1.82, 2.24) is 14.9 Å². The van der Waals surface area contributed by atoms with Gasteiger partial charge in [-0.1, -0.05) is 12.7 Å². The van der Waals surface area contributed by atoms with E-state index >= 15 is 0 Å². The van der Waals surface area contributed by atoms with Crippen molar-refractivity contribution in [3.63, 3.8) is 0 Å². The van der Waals surface area contributed by atoms with Gasteiger partial charge in [0.2, 0.25) is 0 Å². The standard InChI is InChI=1S/C19H17N5O.C7H9NO.C3H5N/c1-20-16-10-17(23-13-14-2-6-21-7-3-14)12-18(11-16)24-19(25)15-4-8-22-9-5-15;1-8-4-2-7(6-9)3-5-8;1-3-4-2/h2-13,20H,1H3,(H,24,25);2-4,6H,5H2,1H3;3H,1-2H2. The number of benzene rings is 1. The van der Waals surface area contributed by atoms with Crippen LogP contribution in [0.4, 0.5) is 17.1 Å². The van der Waals surface area contributed by atoms with Gasteiger partial charge in [0.1, 0.15) is 6.29 Å². The number of carbonyl (C=O) groups excluding carboxylic acids is 2. The van der Waals surface area contributed by atoms with Crippen LogP contribution in [0.15, 0.2) is 114 Å².